The molecule has 1 spiro atoms. The highest BCUT2D eigenvalue weighted by Gasteiger charge is 2.40. The van der Waals surface area contributed by atoms with Gasteiger partial charge in [-0.05, 0) is 19.8 Å². The lowest BCUT2D eigenvalue weighted by Crippen LogP contribution is -2.45. The molecule has 0 amide bonds. The van der Waals surface area contributed by atoms with Crippen LogP contribution in [-0.4, -0.2) is 48.1 Å². The van der Waals surface area contributed by atoms with Gasteiger partial charge in [-0.25, -0.2) is 4.98 Å². The van der Waals surface area contributed by atoms with E-state index in [-0.39, 0.29) is 5.79 Å². The molecule has 0 aromatic carbocycles. The highest BCUT2D eigenvalue weighted by Crippen LogP contribution is 2.33. The maximum atomic E-state index is 5.82. The van der Waals surface area contributed by atoms with E-state index in [0.717, 1.165) is 56.6 Å². The molecule has 1 saturated carbocycles. The SMILES string of the molecule is Cc1cc(N2CCC3(CC2)OCCO3)nc(NC2CCCCC2)n1. The fraction of sp³-hybridized carbons (Fsp3) is 0.778. The summed E-state index contributed by atoms with van der Waals surface area (Å²) < 4.78 is 11.6. The molecule has 132 valence electrons. The first-order valence-corrected chi connectivity index (χ1v) is 9.38. The lowest BCUT2D eigenvalue weighted by atomic mass is 9.96. The Balaban J connectivity index is 1.43. The van der Waals surface area contributed by atoms with E-state index in [1.807, 2.05) is 6.92 Å². The minimum atomic E-state index is -0.332. The van der Waals surface area contributed by atoms with Crippen LogP contribution in [0.2, 0.25) is 0 Å². The van der Waals surface area contributed by atoms with E-state index in [2.05, 4.69) is 21.3 Å². The summed E-state index contributed by atoms with van der Waals surface area (Å²) in [6.45, 7) is 5.33. The largest absolute Gasteiger partial charge is 0.356 e. The number of piperidine rings is 1. The van der Waals surface area contributed by atoms with Crippen molar-refractivity contribution < 1.29 is 9.47 Å². The van der Waals surface area contributed by atoms with Gasteiger partial charge in [-0.1, -0.05) is 19.3 Å². The van der Waals surface area contributed by atoms with Gasteiger partial charge in [0.25, 0.3) is 0 Å². The molecule has 0 unspecified atom stereocenters. The Morgan fingerprint density at radius 2 is 1.79 bits per heavy atom. The fourth-order valence-corrected chi connectivity index (χ4v) is 4.07. The van der Waals surface area contributed by atoms with Crippen LogP contribution in [-0.2, 0) is 9.47 Å². The average Bonchev–Trinajstić information content (AvgIpc) is 3.04. The minimum absolute atomic E-state index is 0.332. The quantitative estimate of drug-likeness (QED) is 0.918. The molecule has 1 aromatic rings. The van der Waals surface area contributed by atoms with Gasteiger partial charge in [0.15, 0.2) is 5.79 Å². The molecule has 3 heterocycles. The van der Waals surface area contributed by atoms with Gasteiger partial charge in [0.2, 0.25) is 5.95 Å². The van der Waals surface area contributed by atoms with E-state index in [0.29, 0.717) is 6.04 Å². The van der Waals surface area contributed by atoms with Gasteiger partial charge in [0, 0.05) is 43.7 Å². The van der Waals surface area contributed by atoms with Crippen molar-refractivity contribution in [3.63, 3.8) is 0 Å². The summed E-state index contributed by atoms with van der Waals surface area (Å²) in [7, 11) is 0. The number of aromatic nitrogens is 2. The van der Waals surface area contributed by atoms with Crippen molar-refractivity contribution in [2.75, 3.05) is 36.5 Å². The Morgan fingerprint density at radius 3 is 2.50 bits per heavy atom. The van der Waals surface area contributed by atoms with Crippen LogP contribution >= 0.6 is 0 Å². The molecular formula is C18H28N4O2. The third-order valence-corrected chi connectivity index (χ3v) is 5.44. The van der Waals surface area contributed by atoms with Gasteiger partial charge in [-0.15, -0.1) is 0 Å². The molecule has 4 rings (SSSR count). The molecule has 24 heavy (non-hydrogen) atoms. The lowest BCUT2D eigenvalue weighted by molar-refractivity contribution is -0.169. The number of ether oxygens (including phenoxy) is 2. The fourth-order valence-electron chi connectivity index (χ4n) is 4.07. The van der Waals surface area contributed by atoms with E-state index < -0.39 is 0 Å². The summed E-state index contributed by atoms with van der Waals surface area (Å²) in [5.74, 6) is 1.47. The number of rotatable bonds is 3. The molecule has 3 fully saturated rings. The third-order valence-electron chi connectivity index (χ3n) is 5.44. The van der Waals surface area contributed by atoms with Gasteiger partial charge in [-0.3, -0.25) is 0 Å². The Bertz CT molecular complexity index is 558. The summed E-state index contributed by atoms with van der Waals surface area (Å²) >= 11 is 0. The zero-order valence-corrected chi connectivity index (χ0v) is 14.6. The molecule has 2 saturated heterocycles. The first kappa shape index (κ1) is 16.1. The van der Waals surface area contributed by atoms with Gasteiger partial charge >= 0.3 is 0 Å². The summed E-state index contributed by atoms with van der Waals surface area (Å²) in [5, 5.41) is 3.55. The monoisotopic (exact) mass is 332 g/mol. The maximum Gasteiger partial charge on any atom is 0.225 e. The molecule has 0 atom stereocenters. The highest BCUT2D eigenvalue weighted by atomic mass is 16.7. The van der Waals surface area contributed by atoms with Crippen LogP contribution < -0.4 is 10.2 Å². The van der Waals surface area contributed by atoms with Crippen molar-refractivity contribution >= 4 is 11.8 Å². The van der Waals surface area contributed by atoms with Gasteiger partial charge in [-0.2, -0.15) is 4.98 Å². The summed E-state index contributed by atoms with van der Waals surface area (Å²) in [6.07, 6.45) is 8.25. The Labute approximate surface area is 143 Å². The predicted molar refractivity (Wildman–Crippen MR) is 93.3 cm³/mol. The molecule has 0 radical (unpaired) electrons. The second-order valence-electron chi connectivity index (χ2n) is 7.27. The van der Waals surface area contributed by atoms with Crippen molar-refractivity contribution in [2.24, 2.45) is 0 Å². The number of nitrogens with zero attached hydrogens (tertiary/aromatic N) is 3. The van der Waals surface area contributed by atoms with Crippen molar-refractivity contribution in [3.05, 3.63) is 11.8 Å². The first-order chi connectivity index (χ1) is 11.7. The van der Waals surface area contributed by atoms with E-state index in [1.54, 1.807) is 0 Å². The zero-order chi connectivity index (χ0) is 16.4. The summed E-state index contributed by atoms with van der Waals surface area (Å²) in [4.78, 5) is 11.7. The standard InChI is InChI=1S/C18H28N4O2/c1-14-13-16(21-17(19-14)20-15-5-3-2-4-6-15)22-9-7-18(8-10-22)23-11-12-24-18/h13,15H,2-12H2,1H3,(H,19,20,21). The van der Waals surface area contributed by atoms with E-state index in [1.165, 1.54) is 32.1 Å². The van der Waals surface area contributed by atoms with Gasteiger partial charge in [0.05, 0.1) is 13.2 Å². The van der Waals surface area contributed by atoms with E-state index >= 15 is 0 Å². The number of aryl methyl sites for hydroxylation is 1. The van der Waals surface area contributed by atoms with Crippen molar-refractivity contribution in [1.29, 1.82) is 0 Å². The minimum Gasteiger partial charge on any atom is -0.356 e. The second kappa shape index (κ2) is 6.84. The molecule has 0 bridgehead atoms. The van der Waals surface area contributed by atoms with Gasteiger partial charge < -0.3 is 19.7 Å². The van der Waals surface area contributed by atoms with Crippen molar-refractivity contribution in [3.8, 4) is 0 Å². The van der Waals surface area contributed by atoms with Gasteiger partial charge in [0.1, 0.15) is 5.82 Å². The van der Waals surface area contributed by atoms with Crippen molar-refractivity contribution in [2.45, 2.75) is 63.7 Å². The molecule has 1 aromatic heterocycles. The Kier molecular flexibility index (Phi) is 4.59. The summed E-state index contributed by atoms with van der Waals surface area (Å²) in [6, 6.07) is 2.61. The molecule has 6 heteroatoms. The zero-order valence-electron chi connectivity index (χ0n) is 14.6. The molecule has 2 aliphatic heterocycles. The van der Waals surface area contributed by atoms with Crippen LogP contribution in [0.25, 0.3) is 0 Å². The van der Waals surface area contributed by atoms with E-state index in [9.17, 15) is 0 Å². The van der Waals surface area contributed by atoms with Crippen LogP contribution in [0.15, 0.2) is 6.07 Å². The smallest absolute Gasteiger partial charge is 0.225 e. The van der Waals surface area contributed by atoms with E-state index in [4.69, 9.17) is 14.5 Å². The Hall–Kier alpha value is -1.40. The number of anilines is 2. The molecule has 3 aliphatic rings. The number of nitrogens with one attached hydrogen (secondary N) is 1. The number of hydrogen-bond donors (Lipinski definition) is 1. The van der Waals surface area contributed by atoms with Crippen LogP contribution in [0.4, 0.5) is 11.8 Å². The molecule has 1 aliphatic carbocycles. The first-order valence-electron chi connectivity index (χ1n) is 9.38. The van der Waals surface area contributed by atoms with Crippen molar-refractivity contribution in [1.82, 2.24) is 9.97 Å². The van der Waals surface area contributed by atoms with Crippen LogP contribution in [0.5, 0.6) is 0 Å². The molecule has 1 N–H and O–H groups in total. The predicted octanol–water partition coefficient (Wildman–Crippen LogP) is 2.87. The average molecular weight is 332 g/mol. The molecular weight excluding hydrogens is 304 g/mol. The third kappa shape index (κ3) is 3.49. The lowest BCUT2D eigenvalue weighted by Gasteiger charge is -2.38. The highest BCUT2D eigenvalue weighted by molar-refractivity contribution is 5.45. The topological polar surface area (TPSA) is 59.5 Å². The second-order valence-corrected chi connectivity index (χ2v) is 7.27. The summed E-state index contributed by atoms with van der Waals surface area (Å²) in [5.41, 5.74) is 1.02. The van der Waals surface area contributed by atoms with Crippen LogP contribution in [0.1, 0.15) is 50.6 Å². The number of hydrogen-bond acceptors (Lipinski definition) is 6. The van der Waals surface area contributed by atoms with Crippen LogP contribution in [0, 0.1) is 6.92 Å². The molecule has 6 nitrogen and oxygen atoms in total. The maximum absolute atomic E-state index is 5.82. The normalized spacial score (nSPS) is 24.5. The van der Waals surface area contributed by atoms with Crippen LogP contribution in [0.3, 0.4) is 0 Å². The Morgan fingerprint density at radius 1 is 1.08 bits per heavy atom.